The number of fused-ring (bicyclic) bond motifs is 11. The van der Waals surface area contributed by atoms with Gasteiger partial charge in [0.05, 0.1) is 16.7 Å². The van der Waals surface area contributed by atoms with Crippen molar-refractivity contribution < 1.29 is 4.42 Å². The van der Waals surface area contributed by atoms with Crippen LogP contribution >= 0.6 is 0 Å². The van der Waals surface area contributed by atoms with Crippen molar-refractivity contribution in [3.63, 3.8) is 0 Å². The molecule has 3 heteroatoms. The highest BCUT2D eigenvalue weighted by molar-refractivity contribution is 6.16. The maximum Gasteiger partial charge on any atom is 0.143 e. The molecule has 15 rings (SSSR count). The van der Waals surface area contributed by atoms with Crippen molar-refractivity contribution in [3.05, 3.63) is 279 Å². The second-order valence-electron chi connectivity index (χ2n) is 19.6. The zero-order valence-electron chi connectivity index (χ0n) is 40.9. The summed E-state index contributed by atoms with van der Waals surface area (Å²) < 4.78 is 9.09. The maximum absolute atomic E-state index is 6.70. The van der Waals surface area contributed by atoms with Crippen molar-refractivity contribution in [2.45, 2.75) is 0 Å². The molecule has 0 aliphatic heterocycles. The summed E-state index contributed by atoms with van der Waals surface area (Å²) in [5.41, 5.74) is 17.6. The first kappa shape index (κ1) is 42.7. The number of hydrogen-bond donors (Lipinski definition) is 0. The lowest BCUT2D eigenvalue weighted by Gasteiger charge is -2.29. The third-order valence-corrected chi connectivity index (χ3v) is 15.3. The number of rotatable bonds is 8. The van der Waals surface area contributed by atoms with E-state index in [9.17, 15) is 0 Å². The maximum atomic E-state index is 6.70. The number of benzene rings is 13. The van der Waals surface area contributed by atoms with Gasteiger partial charge >= 0.3 is 0 Å². The fourth-order valence-corrected chi connectivity index (χ4v) is 11.7. The molecule has 0 aliphatic rings. The summed E-state index contributed by atoms with van der Waals surface area (Å²) in [6, 6.07) is 102. The molecule has 0 radical (unpaired) electrons. The summed E-state index contributed by atoms with van der Waals surface area (Å²) >= 11 is 0. The molecule has 350 valence electrons. The second-order valence-corrected chi connectivity index (χ2v) is 19.6. The van der Waals surface area contributed by atoms with Gasteiger partial charge in [-0.05, 0) is 151 Å². The van der Waals surface area contributed by atoms with E-state index < -0.39 is 0 Å². The standard InChI is InChI=1S/C72H46N2O/c1-2-14-48(15-3-1)67-45-55(54-31-30-51-29-28-49-16-4-6-22-60(49)66(51)44-54)36-41-70(67)73(58-20-13-19-53(43-58)56-35-39-64-65-40-34-50-17-5-7-23-61(50)72(65)75-71(64)46-56)57-37-32-47(33-38-57)52-18-12-21-59(42-52)74-68-26-10-8-24-62(68)63-25-9-11-27-69(63)74/h1-46H. The molecule has 75 heavy (non-hydrogen) atoms. The summed E-state index contributed by atoms with van der Waals surface area (Å²) in [6.45, 7) is 0. The molecule has 0 N–H and O–H groups in total. The second kappa shape index (κ2) is 17.4. The molecule has 0 saturated carbocycles. The molecule has 0 saturated heterocycles. The third kappa shape index (κ3) is 7.20. The molecule has 0 fully saturated rings. The monoisotopic (exact) mass is 954 g/mol. The fourth-order valence-electron chi connectivity index (χ4n) is 11.7. The van der Waals surface area contributed by atoms with Crippen LogP contribution in [0.3, 0.4) is 0 Å². The van der Waals surface area contributed by atoms with Gasteiger partial charge in [-0.3, -0.25) is 0 Å². The van der Waals surface area contributed by atoms with Crippen LogP contribution in [0.25, 0.3) is 126 Å². The minimum absolute atomic E-state index is 0.877. The van der Waals surface area contributed by atoms with Crippen LogP contribution in [0.15, 0.2) is 283 Å². The van der Waals surface area contributed by atoms with Gasteiger partial charge in [-0.25, -0.2) is 0 Å². The highest BCUT2D eigenvalue weighted by atomic mass is 16.3. The molecule has 0 spiro atoms. The number of aromatic nitrogens is 1. The van der Waals surface area contributed by atoms with E-state index >= 15 is 0 Å². The number of furan rings is 1. The largest absolute Gasteiger partial charge is 0.455 e. The van der Waals surface area contributed by atoms with E-state index in [0.29, 0.717) is 0 Å². The summed E-state index contributed by atoms with van der Waals surface area (Å²) in [6.07, 6.45) is 0. The highest BCUT2D eigenvalue weighted by Crippen LogP contribution is 2.45. The van der Waals surface area contributed by atoms with E-state index in [1.54, 1.807) is 0 Å². The molecule has 0 atom stereocenters. The van der Waals surface area contributed by atoms with E-state index in [-0.39, 0.29) is 0 Å². The predicted octanol–water partition coefficient (Wildman–Crippen LogP) is 20.3. The number of nitrogens with zero attached hydrogens (tertiary/aromatic N) is 2. The molecule has 3 nitrogen and oxygen atoms in total. The summed E-state index contributed by atoms with van der Waals surface area (Å²) in [5, 5.41) is 12.0. The van der Waals surface area contributed by atoms with Gasteiger partial charge in [0.1, 0.15) is 11.2 Å². The third-order valence-electron chi connectivity index (χ3n) is 15.3. The van der Waals surface area contributed by atoms with Crippen LogP contribution in [0.5, 0.6) is 0 Å². The lowest BCUT2D eigenvalue weighted by atomic mass is 9.93. The smallest absolute Gasteiger partial charge is 0.143 e. The molecule has 0 bridgehead atoms. The van der Waals surface area contributed by atoms with Crippen LogP contribution in [0.2, 0.25) is 0 Å². The summed E-state index contributed by atoms with van der Waals surface area (Å²) in [7, 11) is 0. The minimum atomic E-state index is 0.877. The van der Waals surface area contributed by atoms with E-state index in [2.05, 4.69) is 289 Å². The Labute approximate surface area is 434 Å². The van der Waals surface area contributed by atoms with Gasteiger partial charge < -0.3 is 13.9 Å². The van der Waals surface area contributed by atoms with Crippen LogP contribution in [0, 0.1) is 0 Å². The molecular weight excluding hydrogens is 909 g/mol. The number of hydrogen-bond acceptors (Lipinski definition) is 2. The zero-order chi connectivity index (χ0) is 49.4. The number of anilines is 3. The van der Waals surface area contributed by atoms with Gasteiger partial charge in [0, 0.05) is 49.6 Å². The topological polar surface area (TPSA) is 21.3 Å². The van der Waals surface area contributed by atoms with Crippen LogP contribution in [-0.2, 0) is 0 Å². The van der Waals surface area contributed by atoms with Gasteiger partial charge in [0.25, 0.3) is 0 Å². The molecule has 15 aromatic rings. The van der Waals surface area contributed by atoms with Gasteiger partial charge in [-0.2, -0.15) is 0 Å². The first-order valence-corrected chi connectivity index (χ1v) is 25.7. The number of para-hydroxylation sites is 2. The average Bonchev–Trinajstić information content (AvgIpc) is 4.04. The van der Waals surface area contributed by atoms with Gasteiger partial charge in [-0.15, -0.1) is 0 Å². The van der Waals surface area contributed by atoms with Crippen LogP contribution in [0.4, 0.5) is 17.1 Å². The lowest BCUT2D eigenvalue weighted by molar-refractivity contribution is 0.673. The Morgan fingerprint density at radius 2 is 0.813 bits per heavy atom. The van der Waals surface area contributed by atoms with Crippen molar-refractivity contribution in [1.29, 1.82) is 0 Å². The zero-order valence-corrected chi connectivity index (χ0v) is 40.9. The first-order valence-electron chi connectivity index (χ1n) is 25.7. The lowest BCUT2D eigenvalue weighted by Crippen LogP contribution is -2.11. The Morgan fingerprint density at radius 1 is 0.280 bits per heavy atom. The van der Waals surface area contributed by atoms with Crippen molar-refractivity contribution >= 4 is 93.1 Å². The molecule has 13 aromatic carbocycles. The van der Waals surface area contributed by atoms with Crippen LogP contribution in [0.1, 0.15) is 0 Å². The van der Waals surface area contributed by atoms with Crippen molar-refractivity contribution in [1.82, 2.24) is 4.57 Å². The molecule has 0 unspecified atom stereocenters. The predicted molar refractivity (Wildman–Crippen MR) is 317 cm³/mol. The normalized spacial score (nSPS) is 11.7. The Morgan fingerprint density at radius 3 is 1.60 bits per heavy atom. The van der Waals surface area contributed by atoms with E-state index in [1.165, 1.54) is 54.3 Å². The Hall–Kier alpha value is -9.96. The quantitative estimate of drug-likeness (QED) is 0.142. The minimum Gasteiger partial charge on any atom is -0.455 e. The first-order chi connectivity index (χ1) is 37.2. The van der Waals surface area contributed by atoms with Crippen molar-refractivity contribution in [2.24, 2.45) is 0 Å². The van der Waals surface area contributed by atoms with Crippen LogP contribution < -0.4 is 4.90 Å². The fraction of sp³-hybridized carbons (Fsp3) is 0. The molecule has 2 heterocycles. The molecular formula is C72H46N2O. The van der Waals surface area contributed by atoms with Gasteiger partial charge in [-0.1, -0.05) is 194 Å². The van der Waals surface area contributed by atoms with E-state index in [1.807, 2.05) is 0 Å². The van der Waals surface area contributed by atoms with Crippen molar-refractivity contribution in [3.8, 4) is 50.2 Å². The average molecular weight is 955 g/mol. The Balaban J connectivity index is 0.880. The molecule has 0 aliphatic carbocycles. The summed E-state index contributed by atoms with van der Waals surface area (Å²) in [4.78, 5) is 2.42. The van der Waals surface area contributed by atoms with Gasteiger partial charge in [0.2, 0.25) is 0 Å². The van der Waals surface area contributed by atoms with E-state index in [0.717, 1.165) is 89.0 Å². The molecule has 2 aromatic heterocycles. The highest BCUT2D eigenvalue weighted by Gasteiger charge is 2.21. The Bertz CT molecular complexity index is 4660. The van der Waals surface area contributed by atoms with Crippen molar-refractivity contribution in [2.75, 3.05) is 4.90 Å². The summed E-state index contributed by atoms with van der Waals surface area (Å²) in [5.74, 6) is 0. The van der Waals surface area contributed by atoms with E-state index in [4.69, 9.17) is 4.42 Å². The SMILES string of the molecule is c1ccc(-c2cc(-c3ccc4ccc5ccccc5c4c3)ccc2N(c2ccc(-c3cccc(-n4c5ccccc5c5ccccc54)c3)cc2)c2cccc(-c3ccc4c(c3)oc3c5ccccc5ccc43)c2)cc1. The Kier molecular flexibility index (Phi) is 9.89. The molecule has 0 amide bonds. The van der Waals surface area contributed by atoms with Crippen LogP contribution in [-0.4, -0.2) is 4.57 Å². The van der Waals surface area contributed by atoms with Gasteiger partial charge in [0.15, 0.2) is 0 Å².